The molecule has 0 aliphatic heterocycles. The number of hydrogen-bond donors (Lipinski definition) is 1. The van der Waals surface area contributed by atoms with Crippen LogP contribution < -0.4 is 0 Å². The molecule has 1 atom stereocenters. The van der Waals surface area contributed by atoms with Gasteiger partial charge in [0.15, 0.2) is 0 Å². The minimum atomic E-state index is -1.00. The Balaban J connectivity index is 4.29. The van der Waals surface area contributed by atoms with Crippen molar-refractivity contribution < 1.29 is 19.4 Å². The van der Waals surface area contributed by atoms with Gasteiger partial charge in [0.05, 0.1) is 12.8 Å². The van der Waals surface area contributed by atoms with Crippen LogP contribution in [0.2, 0.25) is 0 Å². The Morgan fingerprint density at radius 2 is 1.94 bits per heavy atom. The van der Waals surface area contributed by atoms with E-state index in [2.05, 4.69) is 12.7 Å². The van der Waals surface area contributed by atoms with Crippen molar-refractivity contribution in [3.63, 3.8) is 0 Å². The van der Waals surface area contributed by atoms with Crippen LogP contribution in [0.1, 0.15) is 46.5 Å². The second-order valence-corrected chi connectivity index (χ2v) is 4.70. The molecule has 102 valence electrons. The van der Waals surface area contributed by atoms with Gasteiger partial charge in [0.1, 0.15) is 5.60 Å². The van der Waals surface area contributed by atoms with Crippen molar-refractivity contribution in [3.8, 4) is 0 Å². The number of carboxylic acids is 1. The zero-order valence-electron chi connectivity index (χ0n) is 11.4. The molecule has 0 aliphatic rings. The number of rotatable bonds is 8. The van der Waals surface area contributed by atoms with Crippen LogP contribution in [0.4, 0.5) is 0 Å². The van der Waals surface area contributed by atoms with Crippen LogP contribution in [0, 0.1) is 0 Å². The lowest BCUT2D eigenvalue weighted by atomic mass is 9.99. The number of carboxylic acid groups (broad SMARTS) is 1. The van der Waals surface area contributed by atoms with Gasteiger partial charge in [0, 0.05) is 0 Å². The van der Waals surface area contributed by atoms with E-state index < -0.39 is 17.5 Å². The molecule has 0 rings (SSSR count). The summed E-state index contributed by atoms with van der Waals surface area (Å²) >= 11 is 0. The molecule has 0 aromatic carbocycles. The highest BCUT2D eigenvalue weighted by Gasteiger charge is 2.24. The van der Waals surface area contributed by atoms with Crippen LogP contribution in [0.5, 0.6) is 0 Å². The van der Waals surface area contributed by atoms with Crippen molar-refractivity contribution in [2.75, 3.05) is 0 Å². The Hall–Kier alpha value is -1.58. The molecule has 4 heteroatoms. The lowest BCUT2D eigenvalue weighted by molar-refractivity contribution is -0.156. The number of esters is 1. The Labute approximate surface area is 108 Å². The van der Waals surface area contributed by atoms with Crippen molar-refractivity contribution in [2.45, 2.75) is 52.1 Å². The van der Waals surface area contributed by atoms with Gasteiger partial charge in [-0.25, -0.2) is 0 Å². The molecular weight excluding hydrogens is 232 g/mol. The van der Waals surface area contributed by atoms with Crippen molar-refractivity contribution in [1.82, 2.24) is 0 Å². The third-order valence-corrected chi connectivity index (χ3v) is 2.52. The van der Waals surface area contributed by atoms with E-state index in [-0.39, 0.29) is 12.8 Å². The molecule has 0 aromatic rings. The highest BCUT2D eigenvalue weighted by Crippen LogP contribution is 2.21. The zero-order valence-corrected chi connectivity index (χ0v) is 11.4. The summed E-state index contributed by atoms with van der Waals surface area (Å²) in [7, 11) is 0. The molecule has 1 unspecified atom stereocenters. The van der Waals surface area contributed by atoms with Gasteiger partial charge in [-0.05, 0) is 39.7 Å². The van der Waals surface area contributed by atoms with Gasteiger partial charge in [-0.15, -0.1) is 0 Å². The minimum Gasteiger partial charge on any atom is -0.481 e. The molecule has 1 N–H and O–H groups in total. The number of carbonyl (C=O) groups excluding carboxylic acids is 1. The van der Waals surface area contributed by atoms with Crippen LogP contribution in [0.25, 0.3) is 0 Å². The summed E-state index contributed by atoms with van der Waals surface area (Å²) in [4.78, 5) is 21.8. The fourth-order valence-electron chi connectivity index (χ4n) is 1.36. The highest BCUT2D eigenvalue weighted by molar-refractivity contribution is 5.76. The summed E-state index contributed by atoms with van der Waals surface area (Å²) < 4.78 is 5.27. The molecule has 0 amide bonds. The summed E-state index contributed by atoms with van der Waals surface area (Å²) in [6.07, 6.45) is 4.76. The molecule has 0 saturated carbocycles. The largest absolute Gasteiger partial charge is 0.481 e. The highest BCUT2D eigenvalue weighted by atomic mass is 16.6. The Bertz CT molecular complexity index is 340. The number of ether oxygens (including phenoxy) is 1. The molecule has 0 bridgehead atoms. The van der Waals surface area contributed by atoms with Crippen LogP contribution in [0.3, 0.4) is 0 Å². The summed E-state index contributed by atoms with van der Waals surface area (Å²) in [5.74, 6) is -1.51. The van der Waals surface area contributed by atoms with Gasteiger partial charge >= 0.3 is 11.9 Å². The average Bonchev–Trinajstić information content (AvgIpc) is 2.25. The standard InChI is InChI=1S/C14H22O4/c1-5-14(4,10-6-7-11(2)3)18-13(17)9-8-12(15)16/h5,7H,1,6,8-10H2,2-4H3,(H,15,16). The second kappa shape index (κ2) is 7.69. The third-order valence-electron chi connectivity index (χ3n) is 2.52. The normalized spacial score (nSPS) is 13.3. The maximum Gasteiger partial charge on any atom is 0.307 e. The van der Waals surface area contributed by atoms with Gasteiger partial charge in [-0.3, -0.25) is 9.59 Å². The Morgan fingerprint density at radius 1 is 1.33 bits per heavy atom. The van der Waals surface area contributed by atoms with Gasteiger partial charge in [0.25, 0.3) is 0 Å². The van der Waals surface area contributed by atoms with Crippen LogP contribution in [-0.4, -0.2) is 22.6 Å². The van der Waals surface area contributed by atoms with E-state index in [1.807, 2.05) is 13.8 Å². The molecule has 4 nitrogen and oxygen atoms in total. The first-order chi connectivity index (χ1) is 8.29. The molecule has 18 heavy (non-hydrogen) atoms. The summed E-state index contributed by atoms with van der Waals surface area (Å²) in [5.41, 5.74) is 0.472. The third kappa shape index (κ3) is 7.65. The predicted molar refractivity (Wildman–Crippen MR) is 70.2 cm³/mol. The molecule has 0 aromatic heterocycles. The fraction of sp³-hybridized carbons (Fsp3) is 0.571. The van der Waals surface area contributed by atoms with Crippen molar-refractivity contribution >= 4 is 11.9 Å². The molecule has 0 saturated heterocycles. The summed E-state index contributed by atoms with van der Waals surface area (Å²) in [5, 5.41) is 8.48. The fourth-order valence-corrected chi connectivity index (χ4v) is 1.36. The van der Waals surface area contributed by atoms with Crippen molar-refractivity contribution in [3.05, 3.63) is 24.3 Å². The monoisotopic (exact) mass is 254 g/mol. The van der Waals surface area contributed by atoms with Crippen LogP contribution in [-0.2, 0) is 14.3 Å². The number of carbonyl (C=O) groups is 2. The molecule has 0 spiro atoms. The summed E-state index contributed by atoms with van der Waals surface area (Å²) in [6.45, 7) is 9.45. The summed E-state index contributed by atoms with van der Waals surface area (Å²) in [6, 6.07) is 0. The van der Waals surface area contributed by atoms with Gasteiger partial charge in [0.2, 0.25) is 0 Å². The van der Waals surface area contributed by atoms with Gasteiger partial charge in [-0.1, -0.05) is 18.2 Å². The minimum absolute atomic E-state index is 0.110. The first kappa shape index (κ1) is 16.4. The lowest BCUT2D eigenvalue weighted by Crippen LogP contribution is -2.29. The maximum atomic E-state index is 11.5. The molecule has 0 aliphatic carbocycles. The zero-order chi connectivity index (χ0) is 14.2. The van der Waals surface area contributed by atoms with E-state index in [9.17, 15) is 9.59 Å². The topological polar surface area (TPSA) is 63.6 Å². The molecular formula is C14H22O4. The molecule has 0 fully saturated rings. The molecule has 0 heterocycles. The average molecular weight is 254 g/mol. The number of aliphatic carboxylic acids is 1. The van der Waals surface area contributed by atoms with E-state index in [1.165, 1.54) is 5.57 Å². The number of hydrogen-bond acceptors (Lipinski definition) is 3. The van der Waals surface area contributed by atoms with E-state index in [0.717, 1.165) is 6.42 Å². The quantitative estimate of drug-likeness (QED) is 0.534. The Morgan fingerprint density at radius 3 is 2.39 bits per heavy atom. The predicted octanol–water partition coefficient (Wildman–Crippen LogP) is 3.09. The van der Waals surface area contributed by atoms with E-state index >= 15 is 0 Å². The van der Waals surface area contributed by atoms with E-state index in [4.69, 9.17) is 9.84 Å². The van der Waals surface area contributed by atoms with E-state index in [1.54, 1.807) is 13.0 Å². The van der Waals surface area contributed by atoms with Crippen LogP contribution >= 0.6 is 0 Å². The van der Waals surface area contributed by atoms with Crippen molar-refractivity contribution in [1.29, 1.82) is 0 Å². The maximum absolute atomic E-state index is 11.5. The van der Waals surface area contributed by atoms with Gasteiger partial charge < -0.3 is 9.84 Å². The Kier molecular flexibility index (Phi) is 7.01. The van der Waals surface area contributed by atoms with Crippen molar-refractivity contribution in [2.24, 2.45) is 0 Å². The number of allylic oxidation sites excluding steroid dienone is 2. The van der Waals surface area contributed by atoms with Crippen LogP contribution in [0.15, 0.2) is 24.3 Å². The molecule has 0 radical (unpaired) electrons. The lowest BCUT2D eigenvalue weighted by Gasteiger charge is -2.25. The van der Waals surface area contributed by atoms with E-state index in [0.29, 0.717) is 6.42 Å². The second-order valence-electron chi connectivity index (χ2n) is 4.70. The first-order valence-electron chi connectivity index (χ1n) is 5.99. The first-order valence-corrected chi connectivity index (χ1v) is 5.99. The SMILES string of the molecule is C=CC(C)(CCC=C(C)C)OC(=O)CCC(=O)O. The smallest absolute Gasteiger partial charge is 0.307 e. The van der Waals surface area contributed by atoms with Gasteiger partial charge in [-0.2, -0.15) is 0 Å².